The Hall–Kier alpha value is -2.29. The van der Waals surface area contributed by atoms with E-state index in [9.17, 15) is 4.79 Å². The van der Waals surface area contributed by atoms with Crippen molar-refractivity contribution >= 4 is 11.7 Å². The molecule has 3 nitrogen and oxygen atoms in total. The molecule has 0 heterocycles. The fraction of sp³-hybridized carbons (Fsp3) is 0.188. The second-order valence-corrected chi connectivity index (χ2v) is 4.65. The summed E-state index contributed by atoms with van der Waals surface area (Å²) in [5, 5.41) is 0. The van der Waals surface area contributed by atoms with E-state index in [0.717, 1.165) is 11.3 Å². The van der Waals surface area contributed by atoms with Gasteiger partial charge in [0.1, 0.15) is 5.75 Å². The van der Waals surface area contributed by atoms with Crippen molar-refractivity contribution < 1.29 is 9.53 Å². The van der Waals surface area contributed by atoms with Gasteiger partial charge in [-0.2, -0.15) is 0 Å². The van der Waals surface area contributed by atoms with Gasteiger partial charge in [0.25, 0.3) is 0 Å². The van der Waals surface area contributed by atoms with Crippen LogP contribution < -0.4 is 9.64 Å². The molecule has 98 valence electrons. The molecule has 0 N–H and O–H groups in total. The van der Waals surface area contributed by atoms with Crippen LogP contribution >= 0.6 is 0 Å². The van der Waals surface area contributed by atoms with Gasteiger partial charge >= 0.3 is 5.97 Å². The summed E-state index contributed by atoms with van der Waals surface area (Å²) in [6.07, 6.45) is 0. The summed E-state index contributed by atoms with van der Waals surface area (Å²) in [6.45, 7) is 1.96. The van der Waals surface area contributed by atoms with Gasteiger partial charge in [0.15, 0.2) is 0 Å². The standard InChI is InChI=1S/C16H17NO2/c1-12-5-4-6-15(11-12)19-16(18)13-7-9-14(10-8-13)17(2)3/h4-11H,1-3H3. The first-order valence-electron chi connectivity index (χ1n) is 6.12. The molecule has 0 unspecified atom stereocenters. The van der Waals surface area contributed by atoms with Crippen molar-refractivity contribution in [1.29, 1.82) is 0 Å². The molecule has 0 bridgehead atoms. The Morgan fingerprint density at radius 2 is 1.74 bits per heavy atom. The zero-order valence-electron chi connectivity index (χ0n) is 11.4. The number of benzene rings is 2. The minimum absolute atomic E-state index is 0.337. The van der Waals surface area contributed by atoms with Crippen molar-refractivity contribution in [3.8, 4) is 5.75 Å². The Labute approximate surface area is 113 Å². The molecule has 0 spiro atoms. The van der Waals surface area contributed by atoms with Crippen LogP contribution in [0.1, 0.15) is 15.9 Å². The molecule has 0 fully saturated rings. The van der Waals surface area contributed by atoms with Crippen LogP contribution in [0.25, 0.3) is 0 Å². The summed E-state index contributed by atoms with van der Waals surface area (Å²) in [5.74, 6) is 0.234. The lowest BCUT2D eigenvalue weighted by Gasteiger charge is -2.12. The van der Waals surface area contributed by atoms with Crippen molar-refractivity contribution in [3.05, 3.63) is 59.7 Å². The van der Waals surface area contributed by atoms with E-state index < -0.39 is 0 Å². The van der Waals surface area contributed by atoms with Gasteiger partial charge in [-0.25, -0.2) is 4.79 Å². The second kappa shape index (κ2) is 5.57. The van der Waals surface area contributed by atoms with E-state index in [1.807, 2.05) is 56.3 Å². The van der Waals surface area contributed by atoms with Crippen molar-refractivity contribution in [2.24, 2.45) is 0 Å². The van der Waals surface area contributed by atoms with Crippen LogP contribution in [0.2, 0.25) is 0 Å². The third-order valence-corrected chi connectivity index (χ3v) is 2.82. The fourth-order valence-electron chi connectivity index (χ4n) is 1.74. The molecule has 0 amide bonds. The summed E-state index contributed by atoms with van der Waals surface area (Å²) in [4.78, 5) is 14.0. The van der Waals surface area contributed by atoms with E-state index in [1.165, 1.54) is 0 Å². The zero-order valence-corrected chi connectivity index (χ0v) is 11.4. The van der Waals surface area contributed by atoms with Gasteiger partial charge in [-0.05, 0) is 48.9 Å². The maximum absolute atomic E-state index is 12.0. The van der Waals surface area contributed by atoms with Gasteiger partial charge in [-0.15, -0.1) is 0 Å². The molecule has 0 aliphatic rings. The fourth-order valence-corrected chi connectivity index (χ4v) is 1.74. The first-order chi connectivity index (χ1) is 9.06. The van der Waals surface area contributed by atoms with Crippen LogP contribution in [-0.4, -0.2) is 20.1 Å². The zero-order chi connectivity index (χ0) is 13.8. The van der Waals surface area contributed by atoms with E-state index in [-0.39, 0.29) is 5.97 Å². The average molecular weight is 255 g/mol. The summed E-state index contributed by atoms with van der Waals surface area (Å²) in [6, 6.07) is 14.8. The van der Waals surface area contributed by atoms with Crippen molar-refractivity contribution in [2.75, 3.05) is 19.0 Å². The van der Waals surface area contributed by atoms with Gasteiger partial charge in [0.05, 0.1) is 5.56 Å². The van der Waals surface area contributed by atoms with Crippen molar-refractivity contribution in [2.45, 2.75) is 6.92 Å². The molecule has 0 saturated carbocycles. The monoisotopic (exact) mass is 255 g/mol. The summed E-state index contributed by atoms with van der Waals surface area (Å²) >= 11 is 0. The number of carbonyl (C=O) groups is 1. The lowest BCUT2D eigenvalue weighted by Crippen LogP contribution is -2.11. The Morgan fingerprint density at radius 3 is 2.32 bits per heavy atom. The predicted molar refractivity (Wildman–Crippen MR) is 76.9 cm³/mol. The van der Waals surface area contributed by atoms with E-state index in [4.69, 9.17) is 4.74 Å². The Balaban J connectivity index is 2.11. The van der Waals surface area contributed by atoms with Crippen molar-refractivity contribution in [1.82, 2.24) is 0 Å². The van der Waals surface area contributed by atoms with Gasteiger partial charge in [-0.3, -0.25) is 0 Å². The summed E-state index contributed by atoms with van der Waals surface area (Å²) < 4.78 is 5.33. The molecule has 19 heavy (non-hydrogen) atoms. The third kappa shape index (κ3) is 3.35. The number of carbonyl (C=O) groups excluding carboxylic acids is 1. The molecular formula is C16H17NO2. The molecular weight excluding hydrogens is 238 g/mol. The number of ether oxygens (including phenoxy) is 1. The van der Waals surface area contributed by atoms with Gasteiger partial charge in [0.2, 0.25) is 0 Å². The largest absolute Gasteiger partial charge is 0.423 e. The number of nitrogens with zero attached hydrogens (tertiary/aromatic N) is 1. The quantitative estimate of drug-likeness (QED) is 0.622. The van der Waals surface area contributed by atoms with Gasteiger partial charge in [0, 0.05) is 19.8 Å². The molecule has 2 aromatic carbocycles. The first kappa shape index (κ1) is 13.1. The van der Waals surface area contributed by atoms with Crippen LogP contribution in [0.3, 0.4) is 0 Å². The smallest absolute Gasteiger partial charge is 0.343 e. The molecule has 0 saturated heterocycles. The molecule has 2 rings (SSSR count). The van der Waals surface area contributed by atoms with Gasteiger partial charge in [-0.1, -0.05) is 12.1 Å². The first-order valence-corrected chi connectivity index (χ1v) is 6.12. The number of rotatable bonds is 3. The van der Waals surface area contributed by atoms with Crippen LogP contribution in [0.5, 0.6) is 5.75 Å². The maximum Gasteiger partial charge on any atom is 0.343 e. The number of aryl methyl sites for hydroxylation is 1. The highest BCUT2D eigenvalue weighted by atomic mass is 16.5. The summed E-state index contributed by atoms with van der Waals surface area (Å²) in [5.41, 5.74) is 2.66. The minimum Gasteiger partial charge on any atom is -0.423 e. The number of hydrogen-bond donors (Lipinski definition) is 0. The minimum atomic E-state index is -0.337. The highest BCUT2D eigenvalue weighted by Gasteiger charge is 2.08. The molecule has 0 atom stereocenters. The Kier molecular flexibility index (Phi) is 3.85. The molecule has 0 radical (unpaired) electrons. The highest BCUT2D eigenvalue weighted by molar-refractivity contribution is 5.91. The lowest BCUT2D eigenvalue weighted by molar-refractivity contribution is 0.0735. The number of esters is 1. The van der Waals surface area contributed by atoms with Crippen LogP contribution in [0.15, 0.2) is 48.5 Å². The van der Waals surface area contributed by atoms with Crippen LogP contribution in [0, 0.1) is 6.92 Å². The second-order valence-electron chi connectivity index (χ2n) is 4.65. The van der Waals surface area contributed by atoms with E-state index in [2.05, 4.69) is 0 Å². The third-order valence-electron chi connectivity index (χ3n) is 2.82. The molecule has 0 aromatic heterocycles. The SMILES string of the molecule is Cc1cccc(OC(=O)c2ccc(N(C)C)cc2)c1. The predicted octanol–water partition coefficient (Wildman–Crippen LogP) is 3.28. The molecule has 2 aromatic rings. The Bertz CT molecular complexity index is 574. The Morgan fingerprint density at radius 1 is 1.05 bits per heavy atom. The van der Waals surface area contributed by atoms with E-state index in [1.54, 1.807) is 18.2 Å². The molecule has 0 aliphatic carbocycles. The van der Waals surface area contributed by atoms with Crippen molar-refractivity contribution in [3.63, 3.8) is 0 Å². The average Bonchev–Trinajstić information content (AvgIpc) is 2.39. The van der Waals surface area contributed by atoms with Gasteiger partial charge < -0.3 is 9.64 Å². The lowest BCUT2D eigenvalue weighted by atomic mass is 10.2. The topological polar surface area (TPSA) is 29.5 Å². The number of anilines is 1. The van der Waals surface area contributed by atoms with E-state index in [0.29, 0.717) is 11.3 Å². The highest BCUT2D eigenvalue weighted by Crippen LogP contribution is 2.16. The van der Waals surface area contributed by atoms with E-state index >= 15 is 0 Å². The van der Waals surface area contributed by atoms with Crippen LogP contribution in [0.4, 0.5) is 5.69 Å². The molecule has 3 heteroatoms. The summed E-state index contributed by atoms with van der Waals surface area (Å²) in [7, 11) is 3.92. The number of hydrogen-bond acceptors (Lipinski definition) is 3. The van der Waals surface area contributed by atoms with Crippen LogP contribution in [-0.2, 0) is 0 Å². The molecule has 0 aliphatic heterocycles. The normalized spacial score (nSPS) is 10.1. The maximum atomic E-state index is 12.0.